The van der Waals surface area contributed by atoms with Gasteiger partial charge in [0.2, 0.25) is 11.8 Å². The number of carbonyl (C=O) groups is 2. The van der Waals surface area contributed by atoms with Gasteiger partial charge in [0, 0.05) is 38.2 Å². The molecule has 11 nitrogen and oxygen atoms in total. The predicted molar refractivity (Wildman–Crippen MR) is 234 cm³/mol. The van der Waals surface area contributed by atoms with Gasteiger partial charge in [-0.15, -0.1) is 0 Å². The third kappa shape index (κ3) is 14.0. The van der Waals surface area contributed by atoms with Crippen LogP contribution in [-0.2, 0) is 29.0 Å². The van der Waals surface area contributed by atoms with Crippen molar-refractivity contribution in [1.29, 1.82) is 5.26 Å². The van der Waals surface area contributed by atoms with Gasteiger partial charge < -0.3 is 33.5 Å². The van der Waals surface area contributed by atoms with E-state index in [4.69, 9.17) is 28.5 Å². The fourth-order valence-corrected chi connectivity index (χ4v) is 9.33. The van der Waals surface area contributed by atoms with Crippen molar-refractivity contribution in [2.45, 2.75) is 122 Å². The van der Waals surface area contributed by atoms with E-state index in [2.05, 4.69) is 55.9 Å². The highest BCUT2D eigenvalue weighted by Crippen LogP contribution is 2.46. The summed E-state index contributed by atoms with van der Waals surface area (Å²) in [4.78, 5) is 28.4. The molecule has 59 heavy (non-hydrogen) atoms. The summed E-state index contributed by atoms with van der Waals surface area (Å²) < 4.78 is 32.3. The summed E-state index contributed by atoms with van der Waals surface area (Å²) >= 11 is 0. The summed E-state index contributed by atoms with van der Waals surface area (Å²) in [6.45, 7) is 11.1. The number of unbranched alkanes of at least 4 members (excludes halogenated alkanes) is 5. The Morgan fingerprint density at radius 1 is 0.780 bits per heavy atom. The quantitative estimate of drug-likeness (QED) is 0.0455. The molecule has 2 amide bonds. The van der Waals surface area contributed by atoms with Crippen LogP contribution in [0.4, 0.5) is 0 Å². The van der Waals surface area contributed by atoms with E-state index < -0.39 is 20.2 Å². The molecule has 0 saturated carbocycles. The molecule has 1 fully saturated rings. The highest BCUT2D eigenvalue weighted by molar-refractivity contribution is 7.44. The normalized spacial score (nSPS) is 14.8. The van der Waals surface area contributed by atoms with Crippen molar-refractivity contribution in [3.05, 3.63) is 95.6 Å². The van der Waals surface area contributed by atoms with Gasteiger partial charge in [-0.1, -0.05) is 73.9 Å². The first-order valence-electron chi connectivity index (χ1n) is 21.4. The van der Waals surface area contributed by atoms with Gasteiger partial charge in [-0.3, -0.25) is 9.59 Å². The number of hydrogen-bond acceptors (Lipinski definition) is 9. The number of likely N-dealkylation sites (tertiary alicyclic amines) is 1. The van der Waals surface area contributed by atoms with Crippen molar-refractivity contribution >= 4 is 20.3 Å². The van der Waals surface area contributed by atoms with Gasteiger partial charge in [-0.2, -0.15) is 5.26 Å². The van der Waals surface area contributed by atoms with E-state index in [9.17, 15) is 9.59 Å². The van der Waals surface area contributed by atoms with Gasteiger partial charge in [-0.25, -0.2) is 4.67 Å². The maximum atomic E-state index is 13.3. The maximum absolute atomic E-state index is 13.3. The lowest BCUT2D eigenvalue weighted by Gasteiger charge is -2.36. The van der Waals surface area contributed by atoms with E-state index in [1.165, 1.54) is 0 Å². The molecule has 1 unspecified atom stereocenters. The van der Waals surface area contributed by atoms with Crippen LogP contribution >= 0.6 is 8.53 Å². The van der Waals surface area contributed by atoms with Crippen molar-refractivity contribution in [2.24, 2.45) is 0 Å². The minimum Gasteiger partial charge on any atom is -0.497 e. The number of carbonyl (C=O) groups excluding carboxylic acids is 2. The summed E-state index contributed by atoms with van der Waals surface area (Å²) in [7, 11) is 2.10. The molecule has 12 heteroatoms. The van der Waals surface area contributed by atoms with Crippen LogP contribution in [0.25, 0.3) is 0 Å². The van der Waals surface area contributed by atoms with Crippen molar-refractivity contribution in [2.75, 3.05) is 47.1 Å². The molecule has 0 bridgehead atoms. The fraction of sp³-hybridized carbons (Fsp3) is 0.553. The lowest BCUT2D eigenvalue weighted by molar-refractivity contribution is -0.138. The predicted octanol–water partition coefficient (Wildman–Crippen LogP) is 9.53. The van der Waals surface area contributed by atoms with Crippen LogP contribution in [0, 0.1) is 11.3 Å². The van der Waals surface area contributed by atoms with E-state index in [1.54, 1.807) is 19.1 Å². The molecule has 4 rings (SSSR count). The van der Waals surface area contributed by atoms with Crippen LogP contribution in [0.1, 0.15) is 115 Å². The highest BCUT2D eigenvalue weighted by Gasteiger charge is 2.38. The third-order valence-electron chi connectivity index (χ3n) is 10.6. The minimum atomic E-state index is -1.22. The molecule has 3 aromatic rings. The molecule has 0 radical (unpaired) electrons. The van der Waals surface area contributed by atoms with E-state index in [1.807, 2.05) is 66.7 Å². The van der Waals surface area contributed by atoms with Crippen LogP contribution in [0.2, 0.25) is 0 Å². The van der Waals surface area contributed by atoms with E-state index in [-0.39, 0.29) is 23.9 Å². The standard InChI is InChI=1S/C47H67N4O7P/c1-37(2)51(38(3)4)59(58-36-18-31-48)57-35-15-9-7-8-13-22-45(52)50-33-17-21-44(50)46(53)49-32-14-16-34-56-47(39-19-11-10-12-20-39,40-23-27-42(54-5)28-24-40)41-25-29-43(55-6)30-26-41/h10-12,19-20,23-30,37-38,44H,7-9,13-18,21-22,32-36H2,1-6H3,(H,49,53)/t44-,59?/m0/s1. The molecule has 0 aliphatic carbocycles. The molecule has 1 aliphatic rings. The van der Waals surface area contributed by atoms with E-state index in [0.717, 1.165) is 79.6 Å². The van der Waals surface area contributed by atoms with Gasteiger partial charge in [0.05, 0.1) is 39.9 Å². The van der Waals surface area contributed by atoms with Crippen LogP contribution in [0.5, 0.6) is 11.5 Å². The minimum absolute atomic E-state index is 0.0660. The molecule has 0 spiro atoms. The number of nitrogens with zero attached hydrogens (tertiary/aromatic N) is 3. The van der Waals surface area contributed by atoms with Crippen molar-refractivity contribution < 1.29 is 32.8 Å². The van der Waals surface area contributed by atoms with Crippen LogP contribution < -0.4 is 14.8 Å². The number of benzene rings is 3. The Labute approximate surface area is 354 Å². The SMILES string of the molecule is COc1ccc(C(OCCCCNC(=O)[C@@H]2CCCN2C(=O)CCCCCCCOP(OCCC#N)N(C(C)C)C(C)C)(c2ccccc2)c2ccc(OC)cc2)cc1. The summed E-state index contributed by atoms with van der Waals surface area (Å²) in [5.41, 5.74) is 2.07. The monoisotopic (exact) mass is 830 g/mol. The molecule has 1 saturated heterocycles. The molecule has 0 aromatic heterocycles. The number of nitriles is 1. The zero-order valence-electron chi connectivity index (χ0n) is 36.2. The first kappa shape index (κ1) is 47.6. The Balaban J connectivity index is 1.21. The number of rotatable bonds is 27. The summed E-state index contributed by atoms with van der Waals surface area (Å²) in [6.07, 6.45) is 8.50. The highest BCUT2D eigenvalue weighted by atomic mass is 31.2. The Morgan fingerprint density at radius 3 is 1.93 bits per heavy atom. The van der Waals surface area contributed by atoms with Gasteiger partial charge in [-0.05, 0) is 107 Å². The first-order valence-corrected chi connectivity index (χ1v) is 22.6. The second kappa shape index (κ2) is 25.6. The molecular weight excluding hydrogens is 764 g/mol. The summed E-state index contributed by atoms with van der Waals surface area (Å²) in [5, 5.41) is 12.0. The van der Waals surface area contributed by atoms with Gasteiger partial charge in [0.1, 0.15) is 23.1 Å². The van der Waals surface area contributed by atoms with E-state index >= 15 is 0 Å². The first-order chi connectivity index (χ1) is 28.7. The van der Waals surface area contributed by atoms with Gasteiger partial charge >= 0.3 is 0 Å². The smallest absolute Gasteiger partial charge is 0.259 e. The number of ether oxygens (including phenoxy) is 3. The summed E-state index contributed by atoms with van der Waals surface area (Å²) in [5.74, 6) is 1.53. The molecule has 1 N–H and O–H groups in total. The second-order valence-corrected chi connectivity index (χ2v) is 16.9. The van der Waals surface area contributed by atoms with Crippen LogP contribution in [0.15, 0.2) is 78.9 Å². The molecule has 322 valence electrons. The van der Waals surface area contributed by atoms with Gasteiger partial charge in [0.15, 0.2) is 0 Å². The topological polar surface area (TPSA) is 123 Å². The van der Waals surface area contributed by atoms with Crippen LogP contribution in [0.3, 0.4) is 0 Å². The number of hydrogen-bond donors (Lipinski definition) is 1. The average Bonchev–Trinajstić information content (AvgIpc) is 3.75. The number of nitrogens with one attached hydrogen (secondary N) is 1. The maximum Gasteiger partial charge on any atom is 0.259 e. The zero-order chi connectivity index (χ0) is 42.5. The van der Waals surface area contributed by atoms with Crippen molar-refractivity contribution in [3.63, 3.8) is 0 Å². The zero-order valence-corrected chi connectivity index (χ0v) is 37.1. The van der Waals surface area contributed by atoms with Gasteiger partial charge in [0.25, 0.3) is 8.53 Å². The average molecular weight is 831 g/mol. The molecular formula is C47H67N4O7P. The Morgan fingerprint density at radius 2 is 1.34 bits per heavy atom. The Kier molecular flexibility index (Phi) is 20.6. The summed E-state index contributed by atoms with van der Waals surface area (Å²) in [6, 6.07) is 28.5. The molecule has 1 aliphatic heterocycles. The second-order valence-electron chi connectivity index (χ2n) is 15.5. The lowest BCUT2D eigenvalue weighted by atomic mass is 9.80. The van der Waals surface area contributed by atoms with Crippen LogP contribution in [-0.4, -0.2) is 86.6 Å². The largest absolute Gasteiger partial charge is 0.497 e. The number of methoxy groups -OCH3 is 2. The lowest BCUT2D eigenvalue weighted by Crippen LogP contribution is -2.46. The van der Waals surface area contributed by atoms with Crippen molar-refractivity contribution in [1.82, 2.24) is 14.9 Å². The van der Waals surface area contributed by atoms with Crippen molar-refractivity contribution in [3.8, 4) is 17.6 Å². The molecule has 2 atom stereocenters. The number of amides is 2. The Bertz CT molecular complexity index is 1650. The Hall–Kier alpha value is -4.04. The third-order valence-corrected chi connectivity index (χ3v) is 12.7. The molecule has 3 aromatic carbocycles. The van der Waals surface area contributed by atoms with E-state index in [0.29, 0.717) is 52.2 Å². The fourth-order valence-electron chi connectivity index (χ4n) is 7.70. The molecule has 1 heterocycles.